The van der Waals surface area contributed by atoms with Gasteiger partial charge in [-0.1, -0.05) is 159 Å². The van der Waals surface area contributed by atoms with Crippen molar-refractivity contribution in [2.75, 3.05) is 14.7 Å². The summed E-state index contributed by atoms with van der Waals surface area (Å²) in [4.78, 5) is 7.36. The molecule has 2 aliphatic heterocycles. The minimum atomic E-state index is 1.10. The van der Waals surface area contributed by atoms with Gasteiger partial charge in [0.25, 0.3) is 0 Å². The Morgan fingerprint density at radius 3 is 1.27 bits per heavy atom. The third-order valence-corrected chi connectivity index (χ3v) is 12.8. The average molecular weight is 794 g/mol. The van der Waals surface area contributed by atoms with E-state index in [2.05, 4.69) is 240 Å². The highest BCUT2D eigenvalue weighted by Crippen LogP contribution is 2.56. The van der Waals surface area contributed by atoms with Gasteiger partial charge in [0.2, 0.25) is 0 Å². The second kappa shape index (κ2) is 14.7. The van der Waals surface area contributed by atoms with Crippen LogP contribution in [0.4, 0.5) is 51.2 Å². The van der Waals surface area contributed by atoms with Crippen molar-refractivity contribution >= 4 is 72.7 Å². The van der Waals surface area contributed by atoms with Gasteiger partial charge in [-0.2, -0.15) is 0 Å². The highest BCUT2D eigenvalue weighted by atomic mass is 15.2. The fourth-order valence-electron chi connectivity index (χ4n) is 10.1. The number of anilines is 9. The molecule has 0 amide bonds. The van der Waals surface area contributed by atoms with Crippen LogP contribution in [0.2, 0.25) is 0 Å². The zero-order chi connectivity index (χ0) is 41.1. The summed E-state index contributed by atoms with van der Waals surface area (Å²) in [6.45, 7) is 2.24. The van der Waals surface area contributed by atoms with Crippen molar-refractivity contribution in [1.82, 2.24) is 0 Å². The quantitative estimate of drug-likeness (QED) is 0.152. The normalized spacial score (nSPS) is 12.3. The van der Waals surface area contributed by atoms with Gasteiger partial charge in [0.1, 0.15) is 0 Å². The molecule has 0 spiro atoms. The molecule has 10 aromatic carbocycles. The monoisotopic (exact) mass is 793 g/mol. The minimum absolute atomic E-state index is 1.10. The number of hydrogen-bond acceptors (Lipinski definition) is 3. The van der Waals surface area contributed by atoms with E-state index in [1.165, 1.54) is 83.2 Å². The van der Waals surface area contributed by atoms with E-state index < -0.39 is 0 Å². The van der Waals surface area contributed by atoms with Crippen LogP contribution in [-0.4, -0.2) is 0 Å². The Balaban J connectivity index is 1.11. The molecule has 0 N–H and O–H groups in total. The Bertz CT molecular complexity index is 3120. The molecule has 0 saturated heterocycles. The van der Waals surface area contributed by atoms with Crippen LogP contribution in [0.1, 0.15) is 18.9 Å². The van der Waals surface area contributed by atoms with Crippen LogP contribution in [0.5, 0.6) is 0 Å². The van der Waals surface area contributed by atoms with Gasteiger partial charge in [-0.15, -0.1) is 0 Å². The first-order valence-corrected chi connectivity index (χ1v) is 21.8. The predicted molar refractivity (Wildman–Crippen MR) is 263 cm³/mol. The van der Waals surface area contributed by atoms with Crippen molar-refractivity contribution in [2.45, 2.75) is 19.8 Å². The number of nitrogens with zero attached hydrogens (tertiary/aromatic N) is 3. The van der Waals surface area contributed by atoms with Crippen molar-refractivity contribution in [3.8, 4) is 33.4 Å². The third-order valence-electron chi connectivity index (χ3n) is 12.8. The number of hydrogen-bond donors (Lipinski definition) is 0. The van der Waals surface area contributed by atoms with Crippen LogP contribution in [0.3, 0.4) is 0 Å². The molecule has 62 heavy (non-hydrogen) atoms. The van der Waals surface area contributed by atoms with Crippen molar-refractivity contribution in [2.24, 2.45) is 0 Å². The van der Waals surface area contributed by atoms with Gasteiger partial charge in [-0.05, 0) is 107 Å². The van der Waals surface area contributed by atoms with E-state index in [9.17, 15) is 0 Å². The Kier molecular flexibility index (Phi) is 8.53. The SMILES string of the molecule is CCCc1ccc(-c2ccc(N(c3ccc4c5c(cccc35)-c3ccccc3N4c3ccccc3)c3ccc4c5c(cccc35)-c3ccccc3N4c3ccccc3)cc2)cc1. The van der Waals surface area contributed by atoms with Gasteiger partial charge < -0.3 is 14.7 Å². The van der Waals surface area contributed by atoms with Crippen LogP contribution >= 0.6 is 0 Å². The molecule has 12 rings (SSSR count). The Morgan fingerprint density at radius 2 is 0.790 bits per heavy atom. The summed E-state index contributed by atoms with van der Waals surface area (Å²) in [5.41, 5.74) is 19.2. The van der Waals surface area contributed by atoms with Gasteiger partial charge in [-0.3, -0.25) is 0 Å². The van der Waals surface area contributed by atoms with Gasteiger partial charge in [-0.25, -0.2) is 0 Å². The highest BCUT2D eigenvalue weighted by Gasteiger charge is 2.31. The molecule has 0 atom stereocenters. The maximum absolute atomic E-state index is 2.50. The Morgan fingerprint density at radius 1 is 0.355 bits per heavy atom. The molecule has 0 aliphatic carbocycles. The summed E-state index contributed by atoms with van der Waals surface area (Å²) in [5, 5.41) is 4.88. The summed E-state index contributed by atoms with van der Waals surface area (Å²) >= 11 is 0. The summed E-state index contributed by atoms with van der Waals surface area (Å²) in [6, 6.07) is 80.5. The fraction of sp³-hybridized carbons (Fsp3) is 0.0508. The van der Waals surface area contributed by atoms with Crippen LogP contribution in [0, 0.1) is 0 Å². The molecular weight excluding hydrogens is 751 g/mol. The van der Waals surface area contributed by atoms with Crippen LogP contribution in [-0.2, 0) is 6.42 Å². The lowest BCUT2D eigenvalue weighted by molar-refractivity contribution is 0.922. The molecule has 0 aromatic heterocycles. The molecule has 0 fully saturated rings. The molecule has 0 unspecified atom stereocenters. The smallest absolute Gasteiger partial charge is 0.0548 e. The fourth-order valence-corrected chi connectivity index (χ4v) is 10.1. The van der Waals surface area contributed by atoms with Gasteiger partial charge in [0.15, 0.2) is 0 Å². The van der Waals surface area contributed by atoms with Crippen molar-refractivity contribution in [3.63, 3.8) is 0 Å². The largest absolute Gasteiger partial charge is 0.309 e. The average Bonchev–Trinajstić information content (AvgIpc) is 3.34. The van der Waals surface area contributed by atoms with Crippen molar-refractivity contribution in [1.29, 1.82) is 0 Å². The number of para-hydroxylation sites is 4. The van der Waals surface area contributed by atoms with E-state index >= 15 is 0 Å². The first-order chi connectivity index (χ1) is 30.7. The van der Waals surface area contributed by atoms with E-state index in [0.29, 0.717) is 0 Å². The molecule has 10 aromatic rings. The van der Waals surface area contributed by atoms with E-state index in [1.54, 1.807) is 0 Å². The van der Waals surface area contributed by atoms with Crippen LogP contribution in [0.25, 0.3) is 54.9 Å². The maximum atomic E-state index is 2.50. The lowest BCUT2D eigenvalue weighted by Gasteiger charge is -2.37. The molecule has 2 heterocycles. The minimum Gasteiger partial charge on any atom is -0.309 e. The van der Waals surface area contributed by atoms with Crippen LogP contribution < -0.4 is 14.7 Å². The molecule has 2 aliphatic rings. The maximum Gasteiger partial charge on any atom is 0.0548 e. The molecule has 0 bridgehead atoms. The lowest BCUT2D eigenvalue weighted by atomic mass is 9.88. The number of fused-ring (bicyclic) bond motifs is 4. The zero-order valence-corrected chi connectivity index (χ0v) is 34.5. The van der Waals surface area contributed by atoms with Crippen molar-refractivity contribution < 1.29 is 0 Å². The Labute approximate surface area is 363 Å². The number of benzene rings is 10. The predicted octanol–water partition coefficient (Wildman–Crippen LogP) is 17.0. The molecular formula is C59H43N3. The zero-order valence-electron chi connectivity index (χ0n) is 34.5. The van der Waals surface area contributed by atoms with E-state index in [4.69, 9.17) is 0 Å². The second-order valence-electron chi connectivity index (χ2n) is 16.4. The molecule has 3 heteroatoms. The molecule has 0 radical (unpaired) electrons. The van der Waals surface area contributed by atoms with Gasteiger partial charge in [0.05, 0.1) is 34.1 Å². The number of rotatable bonds is 8. The number of aryl methyl sites for hydroxylation is 1. The summed E-state index contributed by atoms with van der Waals surface area (Å²) in [6.07, 6.45) is 2.24. The second-order valence-corrected chi connectivity index (χ2v) is 16.4. The topological polar surface area (TPSA) is 9.72 Å². The molecule has 0 saturated carbocycles. The van der Waals surface area contributed by atoms with E-state index in [1.807, 2.05) is 0 Å². The highest BCUT2D eigenvalue weighted by molar-refractivity contribution is 6.21. The van der Waals surface area contributed by atoms with E-state index in [0.717, 1.165) is 41.3 Å². The molecule has 294 valence electrons. The lowest BCUT2D eigenvalue weighted by Crippen LogP contribution is -2.18. The standard InChI is InChI=1S/C59H43N3/c1-2-15-40-28-30-41(31-29-40)42-32-34-45(35-33-42)60(54-36-38-56-58-48(22-13-24-50(54)58)46-20-9-11-26-52(46)61(56)43-16-5-3-6-17-43)55-37-39-57-59-49(23-14-25-51(55)59)47-21-10-12-27-53(47)62(57)44-18-7-4-8-19-44/h3-14,16-39H,2,15H2,1H3. The molecule has 3 nitrogen and oxygen atoms in total. The van der Waals surface area contributed by atoms with Crippen LogP contribution in [0.15, 0.2) is 218 Å². The Hall–Kier alpha value is -7.88. The first kappa shape index (κ1) is 36.0. The summed E-state index contributed by atoms with van der Waals surface area (Å²) in [7, 11) is 0. The van der Waals surface area contributed by atoms with E-state index in [-0.39, 0.29) is 0 Å². The van der Waals surface area contributed by atoms with Gasteiger partial charge in [0, 0.05) is 49.7 Å². The first-order valence-electron chi connectivity index (χ1n) is 21.8. The van der Waals surface area contributed by atoms with Crippen molar-refractivity contribution in [3.05, 3.63) is 224 Å². The summed E-state index contributed by atoms with van der Waals surface area (Å²) < 4.78 is 0. The third kappa shape index (κ3) is 5.66. The van der Waals surface area contributed by atoms with Gasteiger partial charge >= 0.3 is 0 Å². The summed E-state index contributed by atoms with van der Waals surface area (Å²) in [5.74, 6) is 0.